The van der Waals surface area contributed by atoms with E-state index in [1.165, 1.54) is 11.3 Å². The number of rotatable bonds is 6. The van der Waals surface area contributed by atoms with E-state index >= 15 is 0 Å². The third-order valence-corrected chi connectivity index (χ3v) is 3.61. The zero-order valence-electron chi connectivity index (χ0n) is 9.88. The van der Waals surface area contributed by atoms with Gasteiger partial charge in [0, 0.05) is 18.3 Å². The van der Waals surface area contributed by atoms with E-state index in [2.05, 4.69) is 15.3 Å². The number of hydrogen-bond donors (Lipinski definition) is 1. The van der Waals surface area contributed by atoms with Crippen molar-refractivity contribution in [1.82, 2.24) is 9.97 Å². The average molecular weight is 283 g/mol. The highest BCUT2D eigenvalue weighted by molar-refractivity contribution is 7.14. The van der Waals surface area contributed by atoms with Gasteiger partial charge in [0.1, 0.15) is 5.00 Å². The Morgan fingerprint density at radius 1 is 1.44 bits per heavy atom. The number of thiazole rings is 2. The van der Waals surface area contributed by atoms with E-state index in [4.69, 9.17) is 4.74 Å². The van der Waals surface area contributed by atoms with Gasteiger partial charge in [-0.05, 0) is 6.92 Å². The van der Waals surface area contributed by atoms with Gasteiger partial charge in [-0.15, -0.1) is 22.7 Å². The van der Waals surface area contributed by atoms with Crippen LogP contribution in [0.2, 0.25) is 0 Å². The van der Waals surface area contributed by atoms with Gasteiger partial charge in [0.15, 0.2) is 5.69 Å². The molecule has 2 heterocycles. The number of esters is 1. The van der Waals surface area contributed by atoms with Crippen molar-refractivity contribution in [3.05, 3.63) is 27.8 Å². The normalized spacial score (nSPS) is 10.3. The van der Waals surface area contributed by atoms with E-state index in [1.54, 1.807) is 23.8 Å². The Kier molecular flexibility index (Phi) is 4.66. The molecule has 0 atom stereocenters. The molecule has 18 heavy (non-hydrogen) atoms. The lowest BCUT2D eigenvalue weighted by molar-refractivity contribution is 0.0521. The molecule has 0 radical (unpaired) electrons. The standard InChI is InChI=1S/C11H13N3O2S2/c1-2-16-11(15)9-10(18-7-14-9)12-4-3-8-5-17-6-13-8/h5-7,12H,2-4H2,1H3. The SMILES string of the molecule is CCOC(=O)c1ncsc1NCCc1cscn1. The average Bonchev–Trinajstić information content (AvgIpc) is 3.00. The highest BCUT2D eigenvalue weighted by Crippen LogP contribution is 2.20. The van der Waals surface area contributed by atoms with E-state index in [0.29, 0.717) is 12.3 Å². The van der Waals surface area contributed by atoms with Gasteiger partial charge in [0.05, 0.1) is 23.3 Å². The highest BCUT2D eigenvalue weighted by atomic mass is 32.1. The lowest BCUT2D eigenvalue weighted by Gasteiger charge is -2.04. The van der Waals surface area contributed by atoms with Crippen molar-refractivity contribution in [1.29, 1.82) is 0 Å². The van der Waals surface area contributed by atoms with Crippen molar-refractivity contribution < 1.29 is 9.53 Å². The third kappa shape index (κ3) is 3.27. The van der Waals surface area contributed by atoms with Crippen molar-refractivity contribution in [2.75, 3.05) is 18.5 Å². The fraction of sp³-hybridized carbons (Fsp3) is 0.364. The summed E-state index contributed by atoms with van der Waals surface area (Å²) in [5, 5.41) is 5.96. The van der Waals surface area contributed by atoms with Crippen LogP contribution in [0.1, 0.15) is 23.1 Å². The molecule has 1 N–H and O–H groups in total. The van der Waals surface area contributed by atoms with Crippen LogP contribution in [0.5, 0.6) is 0 Å². The Labute approximate surface area is 113 Å². The second-order valence-electron chi connectivity index (χ2n) is 3.41. The Bertz CT molecular complexity index is 496. The fourth-order valence-corrected chi connectivity index (χ4v) is 2.67. The molecule has 0 aliphatic carbocycles. The number of ether oxygens (including phenoxy) is 1. The molecule has 0 saturated heterocycles. The number of anilines is 1. The summed E-state index contributed by atoms with van der Waals surface area (Å²) in [4.78, 5) is 19.8. The maximum Gasteiger partial charge on any atom is 0.360 e. The second kappa shape index (κ2) is 6.46. The molecular weight excluding hydrogens is 270 g/mol. The number of carbonyl (C=O) groups excluding carboxylic acids is 1. The zero-order valence-corrected chi connectivity index (χ0v) is 11.5. The monoisotopic (exact) mass is 283 g/mol. The van der Waals surface area contributed by atoms with E-state index in [9.17, 15) is 4.79 Å². The lowest BCUT2D eigenvalue weighted by Crippen LogP contribution is -2.10. The summed E-state index contributed by atoms with van der Waals surface area (Å²) in [5.41, 5.74) is 4.86. The Balaban J connectivity index is 1.89. The molecule has 0 fully saturated rings. The first kappa shape index (κ1) is 13.0. The van der Waals surface area contributed by atoms with Crippen LogP contribution in [0, 0.1) is 0 Å². The zero-order chi connectivity index (χ0) is 12.8. The first-order chi connectivity index (χ1) is 8.81. The summed E-state index contributed by atoms with van der Waals surface area (Å²) in [7, 11) is 0. The minimum absolute atomic E-state index is 0.356. The predicted octanol–water partition coefficient (Wildman–Crippen LogP) is 2.43. The van der Waals surface area contributed by atoms with Gasteiger partial charge in [-0.2, -0.15) is 0 Å². The first-order valence-corrected chi connectivity index (χ1v) is 7.35. The number of hydrogen-bond acceptors (Lipinski definition) is 7. The van der Waals surface area contributed by atoms with Crippen LogP contribution in [-0.2, 0) is 11.2 Å². The molecule has 96 valence electrons. The van der Waals surface area contributed by atoms with E-state index in [0.717, 1.165) is 23.7 Å². The molecule has 2 aromatic rings. The van der Waals surface area contributed by atoms with Crippen molar-refractivity contribution in [2.24, 2.45) is 0 Å². The van der Waals surface area contributed by atoms with Crippen molar-refractivity contribution >= 4 is 33.6 Å². The van der Waals surface area contributed by atoms with Crippen molar-refractivity contribution in [3.8, 4) is 0 Å². The molecule has 5 nitrogen and oxygen atoms in total. The van der Waals surface area contributed by atoms with E-state index < -0.39 is 0 Å². The van der Waals surface area contributed by atoms with Crippen molar-refractivity contribution in [3.63, 3.8) is 0 Å². The van der Waals surface area contributed by atoms with Gasteiger partial charge in [0.2, 0.25) is 0 Å². The summed E-state index contributed by atoms with van der Waals surface area (Å²) in [6.07, 6.45) is 0.823. The maximum absolute atomic E-state index is 11.6. The Morgan fingerprint density at radius 2 is 2.33 bits per heavy atom. The van der Waals surface area contributed by atoms with Gasteiger partial charge >= 0.3 is 5.97 Å². The molecule has 0 amide bonds. The van der Waals surface area contributed by atoms with Crippen LogP contribution >= 0.6 is 22.7 Å². The van der Waals surface area contributed by atoms with E-state index in [1.807, 2.05) is 10.9 Å². The van der Waals surface area contributed by atoms with Crippen LogP contribution in [0.3, 0.4) is 0 Å². The molecular formula is C11H13N3O2S2. The van der Waals surface area contributed by atoms with Crippen LogP contribution in [-0.4, -0.2) is 29.1 Å². The molecule has 0 unspecified atom stereocenters. The van der Waals surface area contributed by atoms with Gasteiger partial charge in [-0.25, -0.2) is 14.8 Å². The fourth-order valence-electron chi connectivity index (χ4n) is 1.38. The van der Waals surface area contributed by atoms with Gasteiger partial charge in [0.25, 0.3) is 0 Å². The largest absolute Gasteiger partial charge is 0.461 e. The molecule has 0 spiro atoms. The van der Waals surface area contributed by atoms with Crippen molar-refractivity contribution in [2.45, 2.75) is 13.3 Å². The molecule has 0 saturated carbocycles. The van der Waals surface area contributed by atoms with Crippen LogP contribution in [0.25, 0.3) is 0 Å². The minimum atomic E-state index is -0.380. The molecule has 0 aliphatic rings. The summed E-state index contributed by atoms with van der Waals surface area (Å²) in [6.45, 7) is 2.85. The number of nitrogens with zero attached hydrogens (tertiary/aromatic N) is 2. The van der Waals surface area contributed by atoms with Gasteiger partial charge in [-0.3, -0.25) is 0 Å². The Hall–Kier alpha value is -1.47. The van der Waals surface area contributed by atoms with Crippen LogP contribution in [0.15, 0.2) is 16.4 Å². The lowest BCUT2D eigenvalue weighted by atomic mass is 10.3. The minimum Gasteiger partial charge on any atom is -0.461 e. The summed E-state index contributed by atoms with van der Waals surface area (Å²) in [5.74, 6) is -0.380. The highest BCUT2D eigenvalue weighted by Gasteiger charge is 2.15. The summed E-state index contributed by atoms with van der Waals surface area (Å²) < 4.78 is 4.93. The molecule has 0 aliphatic heterocycles. The van der Waals surface area contributed by atoms with Crippen LogP contribution in [0.4, 0.5) is 5.00 Å². The third-order valence-electron chi connectivity index (χ3n) is 2.19. The second-order valence-corrected chi connectivity index (χ2v) is 4.98. The quantitative estimate of drug-likeness (QED) is 0.825. The summed E-state index contributed by atoms with van der Waals surface area (Å²) in [6, 6.07) is 0. The molecule has 7 heteroatoms. The van der Waals surface area contributed by atoms with Gasteiger partial charge in [-0.1, -0.05) is 0 Å². The Morgan fingerprint density at radius 3 is 3.06 bits per heavy atom. The first-order valence-electron chi connectivity index (χ1n) is 5.52. The number of aromatic nitrogens is 2. The molecule has 0 aromatic carbocycles. The van der Waals surface area contributed by atoms with Gasteiger partial charge < -0.3 is 10.1 Å². The molecule has 2 rings (SSSR count). The summed E-state index contributed by atoms with van der Waals surface area (Å²) >= 11 is 2.98. The number of carbonyl (C=O) groups is 1. The topological polar surface area (TPSA) is 64.1 Å². The smallest absolute Gasteiger partial charge is 0.360 e. The maximum atomic E-state index is 11.6. The molecule has 2 aromatic heterocycles. The predicted molar refractivity (Wildman–Crippen MR) is 72.4 cm³/mol. The number of nitrogens with one attached hydrogen (secondary N) is 1. The van der Waals surface area contributed by atoms with Crippen LogP contribution < -0.4 is 5.32 Å². The van der Waals surface area contributed by atoms with E-state index in [-0.39, 0.29) is 5.97 Å². The molecule has 0 bridgehead atoms.